The Labute approximate surface area is 82.6 Å². The molecule has 2 unspecified atom stereocenters. The first-order valence-corrected chi connectivity index (χ1v) is 5.54. The summed E-state index contributed by atoms with van der Waals surface area (Å²) in [5, 5.41) is 0. The van der Waals surface area contributed by atoms with Crippen LogP contribution in [0.1, 0.15) is 18.0 Å². The molecule has 0 radical (unpaired) electrons. The van der Waals surface area contributed by atoms with Crippen molar-refractivity contribution in [2.45, 2.75) is 17.4 Å². The SMILES string of the molecule is NC1CCS(=O)c2cc(F)c(F)cc21. The normalized spacial score (nSPS) is 25.9. The second kappa shape index (κ2) is 3.40. The zero-order chi connectivity index (χ0) is 10.3. The second-order valence-electron chi connectivity index (χ2n) is 3.25. The largest absolute Gasteiger partial charge is 0.324 e. The standard InChI is InChI=1S/C9H9F2NOS/c10-6-3-5-8(12)1-2-14(13)9(5)4-7(6)11/h3-4,8H,1-2,12H2. The van der Waals surface area contributed by atoms with Gasteiger partial charge in [0.05, 0.1) is 10.8 Å². The fraction of sp³-hybridized carbons (Fsp3) is 0.333. The third kappa shape index (κ3) is 1.46. The van der Waals surface area contributed by atoms with Crippen molar-refractivity contribution in [2.75, 3.05) is 5.75 Å². The number of hydrogen-bond acceptors (Lipinski definition) is 2. The van der Waals surface area contributed by atoms with Crippen molar-refractivity contribution < 1.29 is 13.0 Å². The van der Waals surface area contributed by atoms with Crippen molar-refractivity contribution in [3.05, 3.63) is 29.3 Å². The number of halogens is 2. The van der Waals surface area contributed by atoms with Gasteiger partial charge >= 0.3 is 0 Å². The van der Waals surface area contributed by atoms with E-state index in [1.54, 1.807) is 0 Å². The van der Waals surface area contributed by atoms with E-state index in [0.29, 0.717) is 22.6 Å². The highest BCUT2D eigenvalue weighted by Gasteiger charge is 2.24. The van der Waals surface area contributed by atoms with Crippen LogP contribution in [0.5, 0.6) is 0 Å². The molecule has 76 valence electrons. The van der Waals surface area contributed by atoms with Gasteiger partial charge in [-0.25, -0.2) is 8.78 Å². The average Bonchev–Trinajstić information content (AvgIpc) is 2.15. The number of fused-ring (bicyclic) bond motifs is 1. The van der Waals surface area contributed by atoms with Crippen LogP contribution < -0.4 is 5.73 Å². The molecule has 2 nitrogen and oxygen atoms in total. The highest BCUT2D eigenvalue weighted by Crippen LogP contribution is 2.29. The monoisotopic (exact) mass is 217 g/mol. The van der Waals surface area contributed by atoms with Gasteiger partial charge in [0.15, 0.2) is 11.6 Å². The summed E-state index contributed by atoms with van der Waals surface area (Å²) >= 11 is 0. The minimum Gasteiger partial charge on any atom is -0.324 e. The molecule has 0 bridgehead atoms. The van der Waals surface area contributed by atoms with Crippen LogP contribution in [0, 0.1) is 11.6 Å². The zero-order valence-electron chi connectivity index (χ0n) is 7.30. The van der Waals surface area contributed by atoms with Gasteiger partial charge in [0, 0.05) is 16.7 Å². The number of hydrogen-bond donors (Lipinski definition) is 1. The first kappa shape index (κ1) is 9.73. The molecule has 1 aromatic rings. The summed E-state index contributed by atoms with van der Waals surface area (Å²) in [5.41, 5.74) is 6.17. The van der Waals surface area contributed by atoms with Crippen LogP contribution >= 0.6 is 0 Å². The summed E-state index contributed by atoms with van der Waals surface area (Å²) in [4.78, 5) is 0.336. The minimum atomic E-state index is -1.24. The molecule has 0 aliphatic carbocycles. The Hall–Kier alpha value is -0.810. The molecule has 2 atom stereocenters. The predicted molar refractivity (Wildman–Crippen MR) is 49.2 cm³/mol. The Balaban J connectivity index is 2.62. The topological polar surface area (TPSA) is 43.1 Å². The Kier molecular flexibility index (Phi) is 2.36. The van der Waals surface area contributed by atoms with Crippen LogP contribution in [0.3, 0.4) is 0 Å². The molecule has 1 aliphatic rings. The van der Waals surface area contributed by atoms with E-state index < -0.39 is 22.4 Å². The number of nitrogens with two attached hydrogens (primary N) is 1. The molecule has 1 aromatic carbocycles. The van der Waals surface area contributed by atoms with Gasteiger partial charge < -0.3 is 5.73 Å². The predicted octanol–water partition coefficient (Wildman–Crippen LogP) is 1.48. The van der Waals surface area contributed by atoms with E-state index in [2.05, 4.69) is 0 Å². The molecule has 0 fully saturated rings. The molecule has 2 rings (SSSR count). The van der Waals surface area contributed by atoms with E-state index in [1.807, 2.05) is 0 Å². The molecule has 0 saturated carbocycles. The van der Waals surface area contributed by atoms with Crippen molar-refractivity contribution in [2.24, 2.45) is 5.73 Å². The zero-order valence-corrected chi connectivity index (χ0v) is 8.11. The van der Waals surface area contributed by atoms with Gasteiger partial charge in [-0.1, -0.05) is 0 Å². The quantitative estimate of drug-likeness (QED) is 0.715. The fourth-order valence-corrected chi connectivity index (χ4v) is 2.93. The van der Waals surface area contributed by atoms with Gasteiger partial charge in [-0.15, -0.1) is 0 Å². The molecule has 0 aromatic heterocycles. The molecular weight excluding hydrogens is 208 g/mol. The van der Waals surface area contributed by atoms with E-state index >= 15 is 0 Å². The van der Waals surface area contributed by atoms with Crippen molar-refractivity contribution >= 4 is 10.8 Å². The lowest BCUT2D eigenvalue weighted by Crippen LogP contribution is -2.22. The molecule has 14 heavy (non-hydrogen) atoms. The highest BCUT2D eigenvalue weighted by atomic mass is 32.2. The van der Waals surface area contributed by atoms with Crippen LogP contribution in [0.25, 0.3) is 0 Å². The molecule has 1 aliphatic heterocycles. The molecule has 0 saturated heterocycles. The smallest absolute Gasteiger partial charge is 0.160 e. The lowest BCUT2D eigenvalue weighted by molar-refractivity contribution is 0.498. The van der Waals surface area contributed by atoms with E-state index in [0.717, 1.165) is 12.1 Å². The number of rotatable bonds is 0. The van der Waals surface area contributed by atoms with Crippen LogP contribution in [0.4, 0.5) is 8.78 Å². The molecular formula is C9H9F2NOS. The van der Waals surface area contributed by atoms with Gasteiger partial charge in [-0.3, -0.25) is 4.21 Å². The number of benzene rings is 1. The van der Waals surface area contributed by atoms with Gasteiger partial charge in [0.1, 0.15) is 0 Å². The van der Waals surface area contributed by atoms with Crippen LogP contribution in [0.15, 0.2) is 17.0 Å². The van der Waals surface area contributed by atoms with Crippen LogP contribution in [-0.4, -0.2) is 9.96 Å². The minimum absolute atomic E-state index is 0.335. The summed E-state index contributed by atoms with van der Waals surface area (Å²) in [6.45, 7) is 0. The van der Waals surface area contributed by atoms with Crippen molar-refractivity contribution in [3.63, 3.8) is 0 Å². The van der Waals surface area contributed by atoms with E-state index in [4.69, 9.17) is 5.73 Å². The summed E-state index contributed by atoms with van der Waals surface area (Å²) in [5.74, 6) is -1.48. The van der Waals surface area contributed by atoms with E-state index in [-0.39, 0.29) is 6.04 Å². The molecule has 0 amide bonds. The van der Waals surface area contributed by atoms with E-state index in [1.165, 1.54) is 0 Å². The van der Waals surface area contributed by atoms with Crippen molar-refractivity contribution in [1.82, 2.24) is 0 Å². The van der Waals surface area contributed by atoms with E-state index in [9.17, 15) is 13.0 Å². The molecule has 5 heteroatoms. The Morgan fingerprint density at radius 1 is 1.36 bits per heavy atom. The molecule has 1 heterocycles. The molecule has 2 N–H and O–H groups in total. The lowest BCUT2D eigenvalue weighted by Gasteiger charge is -2.21. The Morgan fingerprint density at radius 3 is 2.71 bits per heavy atom. The Bertz CT molecular complexity index is 408. The first-order chi connectivity index (χ1) is 6.59. The van der Waals surface area contributed by atoms with Crippen molar-refractivity contribution in [3.8, 4) is 0 Å². The van der Waals surface area contributed by atoms with Crippen molar-refractivity contribution in [1.29, 1.82) is 0 Å². The van der Waals surface area contributed by atoms with Gasteiger partial charge in [-0.05, 0) is 24.1 Å². The van der Waals surface area contributed by atoms with Gasteiger partial charge in [-0.2, -0.15) is 0 Å². The maximum absolute atomic E-state index is 12.9. The summed E-state index contributed by atoms with van der Waals surface area (Å²) in [7, 11) is -1.24. The second-order valence-corrected chi connectivity index (χ2v) is 4.79. The van der Waals surface area contributed by atoms with Gasteiger partial charge in [0.2, 0.25) is 0 Å². The average molecular weight is 217 g/mol. The Morgan fingerprint density at radius 2 is 2.00 bits per heavy atom. The first-order valence-electron chi connectivity index (χ1n) is 4.22. The maximum atomic E-state index is 12.9. The molecule has 0 spiro atoms. The third-order valence-electron chi connectivity index (χ3n) is 2.31. The van der Waals surface area contributed by atoms with Crippen LogP contribution in [-0.2, 0) is 10.8 Å². The maximum Gasteiger partial charge on any atom is 0.160 e. The lowest BCUT2D eigenvalue weighted by atomic mass is 10.0. The van der Waals surface area contributed by atoms with Gasteiger partial charge in [0.25, 0.3) is 0 Å². The fourth-order valence-electron chi connectivity index (χ4n) is 1.53. The summed E-state index contributed by atoms with van der Waals surface area (Å²) < 4.78 is 37.2. The van der Waals surface area contributed by atoms with Crippen LogP contribution in [0.2, 0.25) is 0 Å². The highest BCUT2D eigenvalue weighted by molar-refractivity contribution is 7.85. The third-order valence-corrected chi connectivity index (χ3v) is 3.76. The summed E-state index contributed by atoms with van der Waals surface area (Å²) in [6, 6.07) is 1.70. The summed E-state index contributed by atoms with van der Waals surface area (Å²) in [6.07, 6.45) is 0.546.